The number of aryl methyl sites for hydroxylation is 1. The molecule has 2 rings (SSSR count). The van der Waals surface area contributed by atoms with Gasteiger partial charge in [-0.05, 0) is 31.4 Å². The molecule has 1 saturated carbocycles. The Hall–Kier alpha value is -2.10. The number of aldehydes is 1. The van der Waals surface area contributed by atoms with Crippen LogP contribution in [0.25, 0.3) is 6.08 Å². The first kappa shape index (κ1) is 14.3. The predicted octanol–water partition coefficient (Wildman–Crippen LogP) is 2.52. The van der Waals surface area contributed by atoms with Crippen LogP contribution < -0.4 is 5.32 Å². The van der Waals surface area contributed by atoms with E-state index in [9.17, 15) is 14.7 Å². The van der Waals surface area contributed by atoms with Gasteiger partial charge in [0, 0.05) is 0 Å². The Labute approximate surface area is 118 Å². The van der Waals surface area contributed by atoms with Gasteiger partial charge in [0.25, 0.3) is 0 Å². The summed E-state index contributed by atoms with van der Waals surface area (Å²) in [6.45, 7) is 1.99. The fourth-order valence-electron chi connectivity index (χ4n) is 2.59. The molecule has 0 atom stereocenters. The molecule has 0 aromatic heterocycles. The van der Waals surface area contributed by atoms with Gasteiger partial charge in [0.1, 0.15) is 5.54 Å². The SMILES string of the molecule is Cc1ccc(/C=C(\C=O)NC2(C(=O)O)CCCC2)cc1. The van der Waals surface area contributed by atoms with Crippen molar-refractivity contribution in [1.29, 1.82) is 0 Å². The number of hydrogen-bond donors (Lipinski definition) is 2. The summed E-state index contributed by atoms with van der Waals surface area (Å²) in [5.41, 5.74) is 1.35. The van der Waals surface area contributed by atoms with Crippen LogP contribution in [0.2, 0.25) is 0 Å². The molecule has 0 amide bonds. The van der Waals surface area contributed by atoms with Gasteiger partial charge in [-0.3, -0.25) is 4.79 Å². The summed E-state index contributed by atoms with van der Waals surface area (Å²) in [6.07, 6.45) is 5.23. The fourth-order valence-corrected chi connectivity index (χ4v) is 2.59. The first-order chi connectivity index (χ1) is 9.55. The van der Waals surface area contributed by atoms with Crippen molar-refractivity contribution in [3.05, 3.63) is 41.1 Å². The van der Waals surface area contributed by atoms with Crippen LogP contribution in [0.4, 0.5) is 0 Å². The number of hydrogen-bond acceptors (Lipinski definition) is 3. The third kappa shape index (κ3) is 3.07. The third-order valence-corrected chi connectivity index (χ3v) is 3.78. The van der Waals surface area contributed by atoms with Gasteiger partial charge in [-0.25, -0.2) is 4.79 Å². The molecule has 0 spiro atoms. The van der Waals surface area contributed by atoms with E-state index < -0.39 is 11.5 Å². The van der Waals surface area contributed by atoms with Gasteiger partial charge in [-0.2, -0.15) is 0 Å². The van der Waals surface area contributed by atoms with Crippen molar-refractivity contribution in [1.82, 2.24) is 5.32 Å². The molecule has 0 aliphatic heterocycles. The standard InChI is InChI=1S/C16H19NO3/c1-12-4-6-13(7-5-12)10-14(11-18)17-16(15(19)20)8-2-3-9-16/h4-7,10-11,17H,2-3,8-9H2,1H3,(H,19,20)/b14-10+. The molecule has 0 bridgehead atoms. The number of aliphatic carboxylic acids is 1. The van der Waals surface area contributed by atoms with E-state index in [0.29, 0.717) is 24.8 Å². The lowest BCUT2D eigenvalue weighted by Crippen LogP contribution is -2.49. The van der Waals surface area contributed by atoms with E-state index in [-0.39, 0.29) is 0 Å². The zero-order chi connectivity index (χ0) is 14.6. The minimum atomic E-state index is -0.989. The maximum absolute atomic E-state index is 11.5. The highest BCUT2D eigenvalue weighted by molar-refractivity contribution is 5.85. The topological polar surface area (TPSA) is 66.4 Å². The second-order valence-corrected chi connectivity index (χ2v) is 5.35. The van der Waals surface area contributed by atoms with Crippen LogP contribution in [-0.4, -0.2) is 22.9 Å². The van der Waals surface area contributed by atoms with Crippen LogP contribution in [0.5, 0.6) is 0 Å². The number of carbonyl (C=O) groups is 2. The van der Waals surface area contributed by atoms with E-state index in [4.69, 9.17) is 0 Å². The number of carbonyl (C=O) groups excluding carboxylic acids is 1. The molecular weight excluding hydrogens is 254 g/mol. The van der Waals surface area contributed by atoms with Crippen molar-refractivity contribution in [2.24, 2.45) is 0 Å². The van der Waals surface area contributed by atoms with E-state index in [1.54, 1.807) is 6.08 Å². The molecule has 1 aromatic carbocycles. The molecule has 0 heterocycles. The van der Waals surface area contributed by atoms with Crippen LogP contribution >= 0.6 is 0 Å². The number of allylic oxidation sites excluding steroid dienone is 1. The Bertz CT molecular complexity index is 525. The van der Waals surface area contributed by atoms with E-state index in [2.05, 4.69) is 5.32 Å². The summed E-state index contributed by atoms with van der Waals surface area (Å²) in [6, 6.07) is 7.72. The molecule has 0 radical (unpaired) electrons. The summed E-state index contributed by atoms with van der Waals surface area (Å²) in [5, 5.41) is 12.3. The summed E-state index contributed by atoms with van der Waals surface area (Å²) in [5.74, 6) is -0.883. The molecule has 106 valence electrons. The first-order valence-electron chi connectivity index (χ1n) is 6.81. The summed E-state index contributed by atoms with van der Waals surface area (Å²) in [4.78, 5) is 22.7. The zero-order valence-electron chi connectivity index (χ0n) is 11.6. The molecule has 20 heavy (non-hydrogen) atoms. The van der Waals surface area contributed by atoms with Gasteiger partial charge >= 0.3 is 5.97 Å². The van der Waals surface area contributed by atoms with E-state index in [1.165, 1.54) is 0 Å². The van der Waals surface area contributed by atoms with Gasteiger partial charge in [0.2, 0.25) is 0 Å². The molecule has 1 aliphatic carbocycles. The first-order valence-corrected chi connectivity index (χ1v) is 6.81. The Balaban J connectivity index is 2.21. The van der Waals surface area contributed by atoms with Crippen LogP contribution in [0.3, 0.4) is 0 Å². The van der Waals surface area contributed by atoms with Gasteiger partial charge in [-0.15, -0.1) is 0 Å². The molecule has 4 heteroatoms. The van der Waals surface area contributed by atoms with Crippen molar-refractivity contribution in [3.63, 3.8) is 0 Å². The highest BCUT2D eigenvalue weighted by atomic mass is 16.4. The second kappa shape index (κ2) is 5.90. The van der Waals surface area contributed by atoms with Crippen LogP contribution in [-0.2, 0) is 9.59 Å². The number of rotatable bonds is 5. The minimum Gasteiger partial charge on any atom is -0.480 e. The highest BCUT2D eigenvalue weighted by Gasteiger charge is 2.41. The fraction of sp³-hybridized carbons (Fsp3) is 0.375. The molecule has 1 aliphatic rings. The van der Waals surface area contributed by atoms with Crippen LogP contribution in [0.1, 0.15) is 36.8 Å². The van der Waals surface area contributed by atoms with Gasteiger partial charge < -0.3 is 10.4 Å². The lowest BCUT2D eigenvalue weighted by molar-refractivity contribution is -0.144. The molecule has 4 nitrogen and oxygen atoms in total. The number of benzene rings is 1. The average Bonchev–Trinajstić information content (AvgIpc) is 2.90. The highest BCUT2D eigenvalue weighted by Crippen LogP contribution is 2.30. The van der Waals surface area contributed by atoms with Gasteiger partial charge in [0.15, 0.2) is 6.29 Å². The molecular formula is C16H19NO3. The van der Waals surface area contributed by atoms with E-state index in [0.717, 1.165) is 24.0 Å². The van der Waals surface area contributed by atoms with Gasteiger partial charge in [0.05, 0.1) is 5.70 Å². The minimum absolute atomic E-state index is 0.318. The Kier molecular flexibility index (Phi) is 4.23. The lowest BCUT2D eigenvalue weighted by atomic mass is 9.97. The maximum Gasteiger partial charge on any atom is 0.329 e. The summed E-state index contributed by atoms with van der Waals surface area (Å²) >= 11 is 0. The van der Waals surface area contributed by atoms with Crippen molar-refractivity contribution < 1.29 is 14.7 Å². The maximum atomic E-state index is 11.5. The Morgan fingerprint density at radius 2 is 1.85 bits per heavy atom. The third-order valence-electron chi connectivity index (χ3n) is 3.78. The van der Waals surface area contributed by atoms with Crippen molar-refractivity contribution in [2.75, 3.05) is 0 Å². The molecule has 2 N–H and O–H groups in total. The monoisotopic (exact) mass is 273 g/mol. The Morgan fingerprint density at radius 1 is 1.25 bits per heavy atom. The lowest BCUT2D eigenvalue weighted by Gasteiger charge is -2.26. The molecule has 0 saturated heterocycles. The number of carboxylic acid groups (broad SMARTS) is 1. The number of carboxylic acids is 1. The van der Waals surface area contributed by atoms with Gasteiger partial charge in [-0.1, -0.05) is 42.7 Å². The summed E-state index contributed by atoms with van der Waals surface area (Å²) < 4.78 is 0. The predicted molar refractivity (Wildman–Crippen MR) is 77.2 cm³/mol. The molecule has 1 aromatic rings. The van der Waals surface area contributed by atoms with Crippen LogP contribution in [0.15, 0.2) is 30.0 Å². The quantitative estimate of drug-likeness (QED) is 0.639. The normalized spacial score (nSPS) is 17.8. The Morgan fingerprint density at radius 3 is 2.35 bits per heavy atom. The van der Waals surface area contributed by atoms with E-state index in [1.807, 2.05) is 31.2 Å². The largest absolute Gasteiger partial charge is 0.480 e. The van der Waals surface area contributed by atoms with Crippen LogP contribution in [0, 0.1) is 6.92 Å². The van der Waals surface area contributed by atoms with Crippen molar-refractivity contribution >= 4 is 18.3 Å². The second-order valence-electron chi connectivity index (χ2n) is 5.35. The molecule has 1 fully saturated rings. The smallest absolute Gasteiger partial charge is 0.329 e. The molecule has 0 unspecified atom stereocenters. The average molecular weight is 273 g/mol. The van der Waals surface area contributed by atoms with E-state index >= 15 is 0 Å². The summed E-state index contributed by atoms with van der Waals surface area (Å²) in [7, 11) is 0. The zero-order valence-corrected chi connectivity index (χ0v) is 11.6. The van der Waals surface area contributed by atoms with Crippen molar-refractivity contribution in [3.8, 4) is 0 Å². The van der Waals surface area contributed by atoms with Crippen molar-refractivity contribution in [2.45, 2.75) is 38.1 Å². The number of nitrogens with one attached hydrogen (secondary N) is 1.